The Labute approximate surface area is 140 Å². The molecule has 0 unspecified atom stereocenters. The first-order chi connectivity index (χ1) is 10.3. The quantitative estimate of drug-likeness (QED) is 0.877. The topological polar surface area (TPSA) is 69.7 Å². The van der Waals surface area contributed by atoms with Gasteiger partial charge in [0.15, 0.2) is 0 Å². The molecule has 1 aromatic carbocycles. The molecule has 0 saturated carbocycles. The molecule has 1 fully saturated rings. The van der Waals surface area contributed by atoms with Crippen molar-refractivity contribution in [3.05, 3.63) is 28.2 Å². The molecule has 122 valence electrons. The van der Waals surface area contributed by atoms with Crippen molar-refractivity contribution in [2.24, 2.45) is 0 Å². The number of nitrogens with zero attached hydrogens (tertiary/aromatic N) is 2. The molecule has 1 aromatic rings. The Balaban J connectivity index is 1.87. The number of halogens is 2. The molecule has 1 heterocycles. The number of carbonyl (C=O) groups is 1. The van der Waals surface area contributed by atoms with E-state index in [1.54, 1.807) is 18.2 Å². The second-order valence-electron chi connectivity index (χ2n) is 5.11. The van der Waals surface area contributed by atoms with E-state index in [4.69, 9.17) is 23.2 Å². The molecule has 0 aromatic heterocycles. The summed E-state index contributed by atoms with van der Waals surface area (Å²) in [5.41, 5.74) is 0.467. The van der Waals surface area contributed by atoms with Crippen LogP contribution in [0.4, 0.5) is 5.69 Å². The highest BCUT2D eigenvalue weighted by molar-refractivity contribution is 7.88. The molecule has 1 amide bonds. The van der Waals surface area contributed by atoms with Gasteiger partial charge < -0.3 is 5.32 Å². The molecule has 1 aliphatic heterocycles. The van der Waals surface area contributed by atoms with Gasteiger partial charge in [-0.3, -0.25) is 9.69 Å². The van der Waals surface area contributed by atoms with Crippen LogP contribution in [0.5, 0.6) is 0 Å². The summed E-state index contributed by atoms with van der Waals surface area (Å²) in [6.45, 7) is 2.00. The molecular formula is C13H17Cl2N3O3S. The lowest BCUT2D eigenvalue weighted by molar-refractivity contribution is -0.117. The van der Waals surface area contributed by atoms with Crippen LogP contribution in [-0.4, -0.2) is 62.5 Å². The fraction of sp³-hybridized carbons (Fsp3) is 0.462. The van der Waals surface area contributed by atoms with Gasteiger partial charge in [0.05, 0.1) is 23.5 Å². The van der Waals surface area contributed by atoms with Gasteiger partial charge in [0, 0.05) is 31.2 Å². The second kappa shape index (κ2) is 7.14. The zero-order valence-corrected chi connectivity index (χ0v) is 14.4. The Morgan fingerprint density at radius 3 is 2.45 bits per heavy atom. The maximum absolute atomic E-state index is 12.0. The standard InChI is InChI=1S/C13H17Cl2N3O3S/c1-22(20,21)18-6-4-17(5-7-18)9-13(19)16-12-8-10(14)2-3-11(12)15/h2-3,8H,4-7,9H2,1H3,(H,16,19). The van der Waals surface area contributed by atoms with Crippen LogP contribution >= 0.6 is 23.2 Å². The number of amides is 1. The van der Waals surface area contributed by atoms with E-state index in [1.807, 2.05) is 4.90 Å². The Morgan fingerprint density at radius 2 is 1.86 bits per heavy atom. The second-order valence-corrected chi connectivity index (χ2v) is 7.94. The molecule has 9 heteroatoms. The molecule has 6 nitrogen and oxygen atoms in total. The molecule has 2 rings (SSSR count). The van der Waals surface area contributed by atoms with Crippen molar-refractivity contribution in [1.29, 1.82) is 0 Å². The van der Waals surface area contributed by atoms with Crippen LogP contribution in [0, 0.1) is 0 Å². The minimum absolute atomic E-state index is 0.181. The summed E-state index contributed by atoms with van der Waals surface area (Å²) < 4.78 is 24.3. The van der Waals surface area contributed by atoms with E-state index in [-0.39, 0.29) is 12.5 Å². The van der Waals surface area contributed by atoms with Crippen molar-refractivity contribution < 1.29 is 13.2 Å². The van der Waals surface area contributed by atoms with Crippen molar-refractivity contribution >= 4 is 44.8 Å². The van der Waals surface area contributed by atoms with Crippen LogP contribution in [0.15, 0.2) is 18.2 Å². The van der Waals surface area contributed by atoms with Crippen molar-refractivity contribution in [3.8, 4) is 0 Å². The summed E-state index contributed by atoms with van der Waals surface area (Å²) in [6, 6.07) is 4.84. The number of piperazine rings is 1. The highest BCUT2D eigenvalue weighted by Gasteiger charge is 2.24. The minimum atomic E-state index is -3.16. The first-order valence-electron chi connectivity index (χ1n) is 6.68. The third-order valence-corrected chi connectivity index (χ3v) is 5.24. The van der Waals surface area contributed by atoms with E-state index >= 15 is 0 Å². The van der Waals surface area contributed by atoms with Crippen LogP contribution in [0.25, 0.3) is 0 Å². The zero-order chi connectivity index (χ0) is 16.3. The van der Waals surface area contributed by atoms with Gasteiger partial charge in [0.1, 0.15) is 0 Å². The number of hydrogen-bond donors (Lipinski definition) is 1. The van der Waals surface area contributed by atoms with Crippen molar-refractivity contribution in [2.75, 3.05) is 44.3 Å². The van der Waals surface area contributed by atoms with Gasteiger partial charge >= 0.3 is 0 Å². The van der Waals surface area contributed by atoms with Crippen molar-refractivity contribution in [1.82, 2.24) is 9.21 Å². The Bertz CT molecular complexity index is 658. The van der Waals surface area contributed by atoms with Crippen LogP contribution in [0.3, 0.4) is 0 Å². The maximum atomic E-state index is 12.0. The van der Waals surface area contributed by atoms with E-state index in [2.05, 4.69) is 5.32 Å². The van der Waals surface area contributed by atoms with Crippen molar-refractivity contribution in [3.63, 3.8) is 0 Å². The maximum Gasteiger partial charge on any atom is 0.238 e. The van der Waals surface area contributed by atoms with Gasteiger partial charge in [0.25, 0.3) is 0 Å². The predicted octanol–water partition coefficient (Wildman–Crippen LogP) is 1.51. The SMILES string of the molecule is CS(=O)(=O)N1CCN(CC(=O)Nc2cc(Cl)ccc2Cl)CC1. The summed E-state index contributed by atoms with van der Waals surface area (Å²) in [4.78, 5) is 13.9. The monoisotopic (exact) mass is 365 g/mol. The smallest absolute Gasteiger partial charge is 0.238 e. The fourth-order valence-corrected chi connectivity index (χ4v) is 3.37. The van der Waals surface area contributed by atoms with E-state index in [1.165, 1.54) is 10.6 Å². The average Bonchev–Trinajstić information content (AvgIpc) is 2.42. The Kier molecular flexibility index (Phi) is 5.68. The number of rotatable bonds is 4. The minimum Gasteiger partial charge on any atom is -0.324 e. The lowest BCUT2D eigenvalue weighted by Crippen LogP contribution is -2.50. The highest BCUT2D eigenvalue weighted by Crippen LogP contribution is 2.25. The zero-order valence-electron chi connectivity index (χ0n) is 12.1. The van der Waals surface area contributed by atoms with E-state index in [0.29, 0.717) is 41.9 Å². The van der Waals surface area contributed by atoms with Crippen LogP contribution < -0.4 is 5.32 Å². The molecule has 0 radical (unpaired) electrons. The lowest BCUT2D eigenvalue weighted by atomic mass is 10.3. The Morgan fingerprint density at radius 1 is 1.23 bits per heavy atom. The van der Waals surface area contributed by atoms with Crippen LogP contribution in [0.2, 0.25) is 10.0 Å². The van der Waals surface area contributed by atoms with E-state index in [9.17, 15) is 13.2 Å². The first-order valence-corrected chi connectivity index (χ1v) is 9.28. The summed E-state index contributed by atoms with van der Waals surface area (Å²) in [5, 5.41) is 3.61. The van der Waals surface area contributed by atoms with Gasteiger partial charge in [-0.05, 0) is 18.2 Å². The molecular weight excluding hydrogens is 349 g/mol. The lowest BCUT2D eigenvalue weighted by Gasteiger charge is -2.32. The third-order valence-electron chi connectivity index (χ3n) is 3.37. The average molecular weight is 366 g/mol. The summed E-state index contributed by atoms with van der Waals surface area (Å²) >= 11 is 11.9. The normalized spacial score (nSPS) is 17.4. The molecule has 0 atom stereocenters. The number of anilines is 1. The van der Waals surface area contributed by atoms with Gasteiger partial charge in [0.2, 0.25) is 15.9 Å². The number of sulfonamides is 1. The van der Waals surface area contributed by atoms with Crippen molar-refractivity contribution in [2.45, 2.75) is 0 Å². The number of benzene rings is 1. The Hall–Kier alpha value is -0.860. The first kappa shape index (κ1) is 17.5. The number of hydrogen-bond acceptors (Lipinski definition) is 4. The predicted molar refractivity (Wildman–Crippen MR) is 87.9 cm³/mol. The molecule has 1 aliphatic rings. The largest absolute Gasteiger partial charge is 0.324 e. The molecule has 0 bridgehead atoms. The summed E-state index contributed by atoms with van der Waals surface area (Å²) in [6.07, 6.45) is 1.19. The fourth-order valence-electron chi connectivity index (χ4n) is 2.21. The van der Waals surface area contributed by atoms with E-state index < -0.39 is 10.0 Å². The van der Waals surface area contributed by atoms with Gasteiger partial charge in [-0.25, -0.2) is 8.42 Å². The van der Waals surface area contributed by atoms with Gasteiger partial charge in [-0.2, -0.15) is 4.31 Å². The summed E-state index contributed by atoms with van der Waals surface area (Å²) in [5.74, 6) is -0.211. The van der Waals surface area contributed by atoms with Crippen LogP contribution in [0.1, 0.15) is 0 Å². The molecule has 0 aliphatic carbocycles. The molecule has 1 N–H and O–H groups in total. The molecule has 22 heavy (non-hydrogen) atoms. The van der Waals surface area contributed by atoms with Crippen LogP contribution in [-0.2, 0) is 14.8 Å². The third kappa shape index (κ3) is 4.82. The highest BCUT2D eigenvalue weighted by atomic mass is 35.5. The van der Waals surface area contributed by atoms with E-state index in [0.717, 1.165) is 0 Å². The molecule has 1 saturated heterocycles. The number of carbonyl (C=O) groups excluding carboxylic acids is 1. The number of nitrogens with one attached hydrogen (secondary N) is 1. The molecule has 0 spiro atoms. The summed E-state index contributed by atoms with van der Waals surface area (Å²) in [7, 11) is -3.16. The van der Waals surface area contributed by atoms with Gasteiger partial charge in [-0.15, -0.1) is 0 Å². The van der Waals surface area contributed by atoms with Gasteiger partial charge in [-0.1, -0.05) is 23.2 Å².